The molecule has 0 saturated heterocycles. The number of nitrogens with zero attached hydrogens (tertiary/aromatic N) is 1. The molecule has 0 aliphatic carbocycles. The Kier molecular flexibility index (Phi) is 6.56. The Morgan fingerprint density at radius 2 is 2.08 bits per heavy atom. The van der Waals surface area contributed by atoms with Crippen molar-refractivity contribution in [3.63, 3.8) is 0 Å². The molecular formula is C16H19N3O4S. The summed E-state index contributed by atoms with van der Waals surface area (Å²) in [4.78, 5) is 26.9. The van der Waals surface area contributed by atoms with Crippen molar-refractivity contribution in [3.05, 3.63) is 42.1 Å². The number of aliphatic carboxylic acids is 1. The third-order valence-corrected chi connectivity index (χ3v) is 4.15. The number of carbonyl (C=O) groups excluding carboxylic acids is 1. The molecule has 3 N–H and O–H groups in total. The van der Waals surface area contributed by atoms with Crippen LogP contribution in [0.2, 0.25) is 0 Å². The molecule has 1 heterocycles. The summed E-state index contributed by atoms with van der Waals surface area (Å²) in [5, 5.41) is 15.3. The number of carboxylic acid groups (broad SMARTS) is 1. The van der Waals surface area contributed by atoms with Gasteiger partial charge in [0.15, 0.2) is 10.2 Å². The molecule has 1 atom stereocenters. The molecule has 128 valence electrons. The first kappa shape index (κ1) is 17.7. The van der Waals surface area contributed by atoms with Crippen molar-refractivity contribution in [2.45, 2.75) is 25.3 Å². The Balaban J connectivity index is 1.95. The van der Waals surface area contributed by atoms with Crippen molar-refractivity contribution < 1.29 is 19.4 Å². The van der Waals surface area contributed by atoms with Gasteiger partial charge >= 0.3 is 12.0 Å². The number of hydrogen-bond donors (Lipinski definition) is 3. The van der Waals surface area contributed by atoms with Crippen LogP contribution < -0.4 is 15.4 Å². The first-order valence-corrected chi connectivity index (χ1v) is 8.21. The molecule has 7 nitrogen and oxygen atoms in total. The highest BCUT2D eigenvalue weighted by molar-refractivity contribution is 7.17. The molecule has 1 unspecified atom stereocenters. The molecule has 1 aromatic carbocycles. The molecule has 0 aliphatic rings. The molecule has 0 fully saturated rings. The highest BCUT2D eigenvalue weighted by atomic mass is 32.1. The number of carbonyl (C=O) groups is 2. The maximum Gasteiger partial charge on any atom is 0.321 e. The van der Waals surface area contributed by atoms with Gasteiger partial charge in [0.25, 0.3) is 0 Å². The molecule has 2 amide bonds. The number of amides is 2. The lowest BCUT2D eigenvalue weighted by atomic mass is 10.0. The van der Waals surface area contributed by atoms with Gasteiger partial charge in [-0.05, 0) is 18.4 Å². The minimum absolute atomic E-state index is 0.0111. The summed E-state index contributed by atoms with van der Waals surface area (Å²) in [6.45, 7) is 0. The van der Waals surface area contributed by atoms with Crippen LogP contribution >= 0.6 is 11.3 Å². The minimum Gasteiger partial charge on any atom is -0.486 e. The van der Waals surface area contributed by atoms with Gasteiger partial charge in [0.1, 0.15) is 0 Å². The summed E-state index contributed by atoms with van der Waals surface area (Å²) in [7, 11) is 1.53. The van der Waals surface area contributed by atoms with E-state index in [4.69, 9.17) is 9.84 Å². The average molecular weight is 349 g/mol. The van der Waals surface area contributed by atoms with Crippen LogP contribution in [0.1, 0.15) is 18.4 Å². The van der Waals surface area contributed by atoms with E-state index in [0.29, 0.717) is 23.0 Å². The van der Waals surface area contributed by atoms with E-state index >= 15 is 0 Å². The number of nitrogens with one attached hydrogen (secondary N) is 2. The molecule has 8 heteroatoms. The van der Waals surface area contributed by atoms with Crippen LogP contribution in [0, 0.1) is 0 Å². The lowest BCUT2D eigenvalue weighted by Crippen LogP contribution is -2.39. The van der Waals surface area contributed by atoms with Gasteiger partial charge in [0.2, 0.25) is 0 Å². The van der Waals surface area contributed by atoms with Crippen LogP contribution in [0.5, 0.6) is 5.06 Å². The monoisotopic (exact) mass is 349 g/mol. The highest BCUT2D eigenvalue weighted by Crippen LogP contribution is 2.24. The normalized spacial score (nSPS) is 11.5. The van der Waals surface area contributed by atoms with Crippen LogP contribution in [-0.2, 0) is 11.2 Å². The van der Waals surface area contributed by atoms with Gasteiger partial charge < -0.3 is 15.2 Å². The first-order chi connectivity index (χ1) is 11.6. The zero-order valence-corrected chi connectivity index (χ0v) is 14.0. The number of benzene rings is 1. The predicted molar refractivity (Wildman–Crippen MR) is 91.6 cm³/mol. The minimum atomic E-state index is -0.889. The third-order valence-electron chi connectivity index (χ3n) is 3.27. The number of thiazole rings is 1. The number of methoxy groups -OCH3 is 1. The Hall–Kier alpha value is -2.61. The predicted octanol–water partition coefficient (Wildman–Crippen LogP) is 2.75. The fourth-order valence-electron chi connectivity index (χ4n) is 2.15. The summed E-state index contributed by atoms with van der Waals surface area (Å²) < 4.78 is 5.02. The highest BCUT2D eigenvalue weighted by Gasteiger charge is 2.16. The lowest BCUT2D eigenvalue weighted by molar-refractivity contribution is -0.137. The van der Waals surface area contributed by atoms with Crippen molar-refractivity contribution in [2.75, 3.05) is 12.4 Å². The van der Waals surface area contributed by atoms with E-state index in [1.807, 2.05) is 30.3 Å². The lowest BCUT2D eigenvalue weighted by Gasteiger charge is -2.18. The second-order valence-corrected chi connectivity index (χ2v) is 6.10. The zero-order valence-electron chi connectivity index (χ0n) is 13.2. The molecular weight excluding hydrogens is 330 g/mol. The number of anilines is 1. The van der Waals surface area contributed by atoms with E-state index in [-0.39, 0.29) is 12.5 Å². The molecule has 24 heavy (non-hydrogen) atoms. The van der Waals surface area contributed by atoms with Gasteiger partial charge in [-0.2, -0.15) is 0 Å². The molecule has 1 aromatic heterocycles. The van der Waals surface area contributed by atoms with Crippen LogP contribution in [0.15, 0.2) is 36.5 Å². The third kappa shape index (κ3) is 5.88. The van der Waals surface area contributed by atoms with Crippen LogP contribution in [0.25, 0.3) is 0 Å². The van der Waals surface area contributed by atoms with Crippen molar-refractivity contribution in [3.8, 4) is 5.06 Å². The molecule has 0 radical (unpaired) electrons. The summed E-state index contributed by atoms with van der Waals surface area (Å²) >= 11 is 1.21. The zero-order chi connectivity index (χ0) is 17.4. The van der Waals surface area contributed by atoms with Crippen molar-refractivity contribution in [1.29, 1.82) is 0 Å². The van der Waals surface area contributed by atoms with Gasteiger partial charge in [-0.1, -0.05) is 41.7 Å². The van der Waals surface area contributed by atoms with E-state index < -0.39 is 12.0 Å². The second kappa shape index (κ2) is 8.88. The van der Waals surface area contributed by atoms with E-state index in [1.165, 1.54) is 24.6 Å². The van der Waals surface area contributed by atoms with E-state index in [0.717, 1.165) is 5.56 Å². The van der Waals surface area contributed by atoms with Crippen molar-refractivity contribution in [1.82, 2.24) is 10.3 Å². The maximum atomic E-state index is 12.1. The average Bonchev–Trinajstić information content (AvgIpc) is 3.01. The van der Waals surface area contributed by atoms with Gasteiger partial charge in [0.05, 0.1) is 13.3 Å². The fourth-order valence-corrected chi connectivity index (χ4v) is 2.78. The SMILES string of the molecule is COc1cnc(NC(=O)NC(CCC(=O)O)Cc2ccccc2)s1. The smallest absolute Gasteiger partial charge is 0.321 e. The van der Waals surface area contributed by atoms with Gasteiger partial charge in [-0.15, -0.1) is 0 Å². The standard InChI is InChI=1S/C16H19N3O4S/c1-23-14-10-17-16(24-14)19-15(22)18-12(7-8-13(20)21)9-11-5-3-2-4-6-11/h2-6,10,12H,7-9H2,1H3,(H,20,21)(H2,17,18,19,22). The van der Waals surface area contributed by atoms with E-state index in [1.54, 1.807) is 0 Å². The van der Waals surface area contributed by atoms with E-state index in [2.05, 4.69) is 15.6 Å². The number of ether oxygens (including phenoxy) is 1. The molecule has 0 aliphatic heterocycles. The Morgan fingerprint density at radius 3 is 2.71 bits per heavy atom. The fraction of sp³-hybridized carbons (Fsp3) is 0.312. The van der Waals surface area contributed by atoms with Crippen LogP contribution in [0.3, 0.4) is 0 Å². The number of carboxylic acids is 1. The summed E-state index contributed by atoms with van der Waals surface area (Å²) in [5.74, 6) is -0.889. The number of aromatic nitrogens is 1. The van der Waals surface area contributed by atoms with Gasteiger partial charge in [0, 0.05) is 12.5 Å². The molecule has 2 rings (SSSR count). The number of rotatable bonds is 8. The van der Waals surface area contributed by atoms with Crippen molar-refractivity contribution in [2.24, 2.45) is 0 Å². The Labute approximate surface area is 143 Å². The molecule has 2 aromatic rings. The van der Waals surface area contributed by atoms with Gasteiger partial charge in [-0.3, -0.25) is 10.1 Å². The first-order valence-electron chi connectivity index (χ1n) is 7.40. The van der Waals surface area contributed by atoms with Crippen LogP contribution in [-0.4, -0.2) is 35.2 Å². The summed E-state index contributed by atoms with van der Waals surface area (Å²) in [6.07, 6.45) is 2.41. The van der Waals surface area contributed by atoms with Gasteiger partial charge in [-0.25, -0.2) is 9.78 Å². The summed E-state index contributed by atoms with van der Waals surface area (Å²) in [6, 6.07) is 8.91. The Bertz CT molecular complexity index is 675. The van der Waals surface area contributed by atoms with Crippen molar-refractivity contribution >= 4 is 28.5 Å². The van der Waals surface area contributed by atoms with Crippen LogP contribution in [0.4, 0.5) is 9.93 Å². The topological polar surface area (TPSA) is 101 Å². The summed E-state index contributed by atoms with van der Waals surface area (Å²) in [5.41, 5.74) is 1.03. The largest absolute Gasteiger partial charge is 0.486 e. The second-order valence-electron chi connectivity index (χ2n) is 5.11. The van der Waals surface area contributed by atoms with E-state index in [9.17, 15) is 9.59 Å². The Morgan fingerprint density at radius 1 is 1.33 bits per heavy atom. The molecule has 0 saturated carbocycles. The number of hydrogen-bond acceptors (Lipinski definition) is 5. The molecule has 0 spiro atoms. The molecule has 0 bridgehead atoms. The number of urea groups is 1. The quantitative estimate of drug-likeness (QED) is 0.680. The maximum absolute atomic E-state index is 12.1.